The summed E-state index contributed by atoms with van der Waals surface area (Å²) >= 11 is 0. The Morgan fingerprint density at radius 3 is 2.23 bits per heavy atom. The zero-order valence-corrected chi connectivity index (χ0v) is 17.8. The number of likely N-dealkylation sites (tertiary alicyclic amines) is 1. The van der Waals surface area contributed by atoms with Gasteiger partial charge in [0.15, 0.2) is 0 Å². The van der Waals surface area contributed by atoms with Crippen LogP contribution in [0.2, 0.25) is 0 Å². The van der Waals surface area contributed by atoms with Crippen molar-refractivity contribution in [2.75, 3.05) is 26.2 Å². The fraction of sp³-hybridized carbons (Fsp3) is 0.440. The lowest BCUT2D eigenvalue weighted by molar-refractivity contribution is -0.159. The van der Waals surface area contributed by atoms with Crippen LogP contribution in [-0.2, 0) is 27.2 Å². The van der Waals surface area contributed by atoms with E-state index in [1.165, 1.54) is 49.0 Å². The molecule has 0 aromatic heterocycles. The third-order valence-electron chi connectivity index (χ3n) is 5.95. The molecule has 0 bridgehead atoms. The van der Waals surface area contributed by atoms with Gasteiger partial charge in [0, 0.05) is 6.54 Å². The number of carbonyl (C=O) groups is 2. The summed E-state index contributed by atoms with van der Waals surface area (Å²) in [5, 5.41) is 14.8. The maximum Gasteiger partial charge on any atom is 0.414 e. The van der Waals surface area contributed by atoms with Crippen molar-refractivity contribution < 1.29 is 24.5 Å². The van der Waals surface area contributed by atoms with Crippen LogP contribution >= 0.6 is 0 Å². The van der Waals surface area contributed by atoms with Crippen molar-refractivity contribution in [3.63, 3.8) is 0 Å². The Bertz CT molecular complexity index is 836. The van der Waals surface area contributed by atoms with Gasteiger partial charge >= 0.3 is 11.9 Å². The number of nitrogens with zero attached hydrogens (tertiary/aromatic N) is 1. The molecule has 0 radical (unpaired) electrons. The van der Waals surface area contributed by atoms with Crippen LogP contribution in [0, 0.1) is 5.92 Å². The van der Waals surface area contributed by atoms with Crippen molar-refractivity contribution in [3.8, 4) is 0 Å². The molecule has 2 aromatic rings. The van der Waals surface area contributed by atoms with E-state index in [9.17, 15) is 0 Å². The average Bonchev–Trinajstić information content (AvgIpc) is 3.13. The van der Waals surface area contributed by atoms with E-state index in [1.54, 1.807) is 0 Å². The minimum Gasteiger partial charge on any atom is -0.473 e. The van der Waals surface area contributed by atoms with Crippen molar-refractivity contribution >= 4 is 11.9 Å². The fourth-order valence-corrected chi connectivity index (χ4v) is 4.45. The number of hydrogen-bond acceptors (Lipinski definition) is 4. The number of rotatable bonds is 6. The lowest BCUT2D eigenvalue weighted by Crippen LogP contribution is -2.33. The average molecular weight is 426 g/mol. The SMILES string of the molecule is O=C(O)C(=O)O.c1ccc(C[C@@H]2Cc3ccccc3[C@H]2OCCN2CCCCC2)cc1. The standard InChI is InChI=1S/C23H29NO.C2H2O4/c1-3-9-19(10-4-1)17-21-18-20-11-5-6-12-22(20)23(21)25-16-15-24-13-7-2-8-14-24;3-1(4)2(5)6/h1,3-6,9-12,21,23H,2,7-8,13-18H2;(H,3,4)(H,5,6)/t21-,23+;/m1./s1. The summed E-state index contributed by atoms with van der Waals surface area (Å²) in [6.45, 7) is 4.43. The molecule has 6 nitrogen and oxygen atoms in total. The Balaban J connectivity index is 0.000000401. The van der Waals surface area contributed by atoms with Crippen LogP contribution in [-0.4, -0.2) is 53.3 Å². The first kappa shape index (κ1) is 23.0. The highest BCUT2D eigenvalue weighted by Gasteiger charge is 2.33. The van der Waals surface area contributed by atoms with Gasteiger partial charge in [-0.15, -0.1) is 0 Å². The number of benzene rings is 2. The molecule has 0 spiro atoms. The first-order valence-corrected chi connectivity index (χ1v) is 11.0. The Kier molecular flexibility index (Phi) is 8.62. The van der Waals surface area contributed by atoms with Crippen molar-refractivity contribution in [2.45, 2.75) is 38.2 Å². The van der Waals surface area contributed by atoms with Crippen LogP contribution in [0.25, 0.3) is 0 Å². The molecule has 1 fully saturated rings. The smallest absolute Gasteiger partial charge is 0.414 e. The van der Waals surface area contributed by atoms with E-state index >= 15 is 0 Å². The molecule has 0 saturated carbocycles. The normalized spacial score (nSPS) is 20.4. The molecule has 0 amide bonds. The maximum absolute atomic E-state index is 9.10. The van der Waals surface area contributed by atoms with Gasteiger partial charge in [-0.3, -0.25) is 0 Å². The minimum absolute atomic E-state index is 0.251. The summed E-state index contributed by atoms with van der Waals surface area (Å²) in [7, 11) is 0. The van der Waals surface area contributed by atoms with Crippen molar-refractivity contribution in [1.29, 1.82) is 0 Å². The zero-order valence-electron chi connectivity index (χ0n) is 17.8. The number of carboxylic acids is 2. The minimum atomic E-state index is -1.82. The highest BCUT2D eigenvalue weighted by atomic mass is 16.5. The number of aliphatic carboxylic acids is 2. The Morgan fingerprint density at radius 2 is 1.55 bits per heavy atom. The molecule has 2 aromatic carbocycles. The summed E-state index contributed by atoms with van der Waals surface area (Å²) < 4.78 is 6.48. The van der Waals surface area contributed by atoms with E-state index in [-0.39, 0.29) is 6.10 Å². The highest BCUT2D eigenvalue weighted by Crippen LogP contribution is 2.40. The number of hydrogen-bond donors (Lipinski definition) is 2. The Labute approximate surface area is 183 Å². The number of carboxylic acid groups (broad SMARTS) is 2. The van der Waals surface area contributed by atoms with Crippen molar-refractivity contribution in [3.05, 3.63) is 71.3 Å². The molecular weight excluding hydrogens is 394 g/mol. The van der Waals surface area contributed by atoms with Gasteiger partial charge in [0.1, 0.15) is 0 Å². The third kappa shape index (κ3) is 6.91. The summed E-state index contributed by atoms with van der Waals surface area (Å²) in [5.41, 5.74) is 4.32. The largest absolute Gasteiger partial charge is 0.473 e. The van der Waals surface area contributed by atoms with Gasteiger partial charge in [-0.2, -0.15) is 0 Å². The van der Waals surface area contributed by atoms with Gasteiger partial charge in [0.25, 0.3) is 0 Å². The lowest BCUT2D eigenvalue weighted by Gasteiger charge is -2.28. The summed E-state index contributed by atoms with van der Waals surface area (Å²) in [4.78, 5) is 20.8. The number of fused-ring (bicyclic) bond motifs is 1. The van der Waals surface area contributed by atoms with E-state index in [0.717, 1.165) is 26.0 Å². The van der Waals surface area contributed by atoms with E-state index in [4.69, 9.17) is 24.5 Å². The molecule has 166 valence electrons. The second-order valence-corrected chi connectivity index (χ2v) is 8.16. The fourth-order valence-electron chi connectivity index (χ4n) is 4.45. The molecule has 1 heterocycles. The first-order chi connectivity index (χ1) is 15.0. The molecule has 1 aliphatic heterocycles. The second-order valence-electron chi connectivity index (χ2n) is 8.16. The second kappa shape index (κ2) is 11.6. The molecule has 0 unspecified atom stereocenters. The molecular formula is C25H31NO5. The van der Waals surface area contributed by atoms with Crippen LogP contribution in [0.3, 0.4) is 0 Å². The van der Waals surface area contributed by atoms with Gasteiger partial charge in [0.2, 0.25) is 0 Å². The first-order valence-electron chi connectivity index (χ1n) is 11.0. The maximum atomic E-state index is 9.10. The zero-order chi connectivity index (χ0) is 22.1. The molecule has 2 N–H and O–H groups in total. The van der Waals surface area contributed by atoms with E-state index < -0.39 is 11.9 Å². The van der Waals surface area contributed by atoms with Crippen molar-refractivity contribution in [1.82, 2.24) is 4.90 Å². The van der Waals surface area contributed by atoms with Crippen molar-refractivity contribution in [2.24, 2.45) is 5.92 Å². The van der Waals surface area contributed by atoms with Crippen LogP contribution in [0.4, 0.5) is 0 Å². The molecule has 2 aliphatic rings. The van der Waals surface area contributed by atoms with Gasteiger partial charge < -0.3 is 19.8 Å². The van der Waals surface area contributed by atoms with E-state index in [0.29, 0.717) is 5.92 Å². The summed E-state index contributed by atoms with van der Waals surface area (Å²) in [6.07, 6.45) is 6.59. The molecule has 1 aliphatic carbocycles. The quantitative estimate of drug-likeness (QED) is 0.685. The van der Waals surface area contributed by atoms with Crippen LogP contribution in [0.1, 0.15) is 42.1 Å². The van der Waals surface area contributed by atoms with Gasteiger partial charge in [-0.25, -0.2) is 9.59 Å². The molecule has 6 heteroatoms. The highest BCUT2D eigenvalue weighted by molar-refractivity contribution is 6.27. The van der Waals surface area contributed by atoms with Gasteiger partial charge in [-0.05, 0) is 61.4 Å². The van der Waals surface area contributed by atoms with Crippen LogP contribution in [0.5, 0.6) is 0 Å². The number of ether oxygens (including phenoxy) is 1. The summed E-state index contributed by atoms with van der Waals surface area (Å²) in [6, 6.07) is 19.7. The molecule has 31 heavy (non-hydrogen) atoms. The Morgan fingerprint density at radius 1 is 0.903 bits per heavy atom. The lowest BCUT2D eigenvalue weighted by atomic mass is 9.94. The molecule has 1 saturated heterocycles. The topological polar surface area (TPSA) is 87.1 Å². The summed E-state index contributed by atoms with van der Waals surface area (Å²) in [5.74, 6) is -3.09. The van der Waals surface area contributed by atoms with Gasteiger partial charge in [-0.1, -0.05) is 61.0 Å². The van der Waals surface area contributed by atoms with E-state index in [2.05, 4.69) is 59.5 Å². The van der Waals surface area contributed by atoms with Gasteiger partial charge in [0.05, 0.1) is 12.7 Å². The van der Waals surface area contributed by atoms with E-state index in [1.807, 2.05) is 0 Å². The Hall–Kier alpha value is -2.70. The van der Waals surface area contributed by atoms with Crippen LogP contribution < -0.4 is 0 Å². The molecule has 4 rings (SSSR count). The third-order valence-corrected chi connectivity index (χ3v) is 5.95. The predicted octanol–water partition coefficient (Wildman–Crippen LogP) is 3.80. The monoisotopic (exact) mass is 425 g/mol. The predicted molar refractivity (Wildman–Crippen MR) is 118 cm³/mol. The number of piperidine rings is 1. The van der Waals surface area contributed by atoms with Crippen LogP contribution in [0.15, 0.2) is 54.6 Å². The molecule has 2 atom stereocenters.